The Kier molecular flexibility index (Phi) is 7.27. The molecule has 1 amide bonds. The second-order valence-corrected chi connectivity index (χ2v) is 8.74. The van der Waals surface area contributed by atoms with E-state index in [0.29, 0.717) is 27.9 Å². The van der Waals surface area contributed by atoms with Crippen molar-refractivity contribution in [1.82, 2.24) is 0 Å². The second-order valence-electron chi connectivity index (χ2n) is 6.24. The van der Waals surface area contributed by atoms with Crippen molar-refractivity contribution in [3.63, 3.8) is 0 Å². The number of sulfonamides is 1. The molecule has 3 aromatic carbocycles. The van der Waals surface area contributed by atoms with Crippen LogP contribution in [0.1, 0.15) is 0 Å². The lowest BCUT2D eigenvalue weighted by Gasteiger charge is -2.11. The van der Waals surface area contributed by atoms with Gasteiger partial charge in [0.25, 0.3) is 15.9 Å². The van der Waals surface area contributed by atoms with E-state index in [0.717, 1.165) is 0 Å². The van der Waals surface area contributed by atoms with Crippen LogP contribution in [0.4, 0.5) is 11.4 Å². The minimum Gasteiger partial charge on any atom is -0.495 e. The van der Waals surface area contributed by atoms with Gasteiger partial charge in [-0.05, 0) is 54.6 Å². The van der Waals surface area contributed by atoms with Gasteiger partial charge in [-0.15, -0.1) is 0 Å². The summed E-state index contributed by atoms with van der Waals surface area (Å²) in [5.74, 6) is 0.369. The highest BCUT2D eigenvalue weighted by atomic mass is 35.5. The molecule has 0 aliphatic heterocycles. The normalized spacial score (nSPS) is 10.9. The predicted octanol–water partition coefficient (Wildman–Crippen LogP) is 4.82. The summed E-state index contributed by atoms with van der Waals surface area (Å²) in [6.07, 6.45) is 0. The van der Waals surface area contributed by atoms with Crippen molar-refractivity contribution >= 4 is 50.5 Å². The van der Waals surface area contributed by atoms with Gasteiger partial charge in [0.2, 0.25) is 0 Å². The Morgan fingerprint density at radius 3 is 2.32 bits per heavy atom. The number of rotatable bonds is 8. The van der Waals surface area contributed by atoms with Crippen LogP contribution in [0, 0.1) is 0 Å². The molecule has 0 radical (unpaired) electrons. The molecule has 0 aromatic heterocycles. The van der Waals surface area contributed by atoms with Crippen LogP contribution in [-0.4, -0.2) is 28.0 Å². The van der Waals surface area contributed by atoms with Crippen molar-refractivity contribution in [2.45, 2.75) is 4.90 Å². The summed E-state index contributed by atoms with van der Waals surface area (Å²) in [7, 11) is -2.37. The molecule has 0 aliphatic rings. The van der Waals surface area contributed by atoms with E-state index in [4.69, 9.17) is 32.7 Å². The van der Waals surface area contributed by atoms with Crippen LogP contribution in [0.3, 0.4) is 0 Å². The fourth-order valence-corrected chi connectivity index (χ4v) is 4.05. The largest absolute Gasteiger partial charge is 0.495 e. The van der Waals surface area contributed by atoms with Gasteiger partial charge in [-0.25, -0.2) is 8.42 Å². The highest BCUT2D eigenvalue weighted by Gasteiger charge is 2.15. The number of para-hydroxylation sites is 1. The first-order valence-corrected chi connectivity index (χ1v) is 11.2. The summed E-state index contributed by atoms with van der Waals surface area (Å²) in [4.78, 5) is 12.0. The van der Waals surface area contributed by atoms with Crippen LogP contribution in [0.5, 0.6) is 11.5 Å². The van der Waals surface area contributed by atoms with Crippen LogP contribution >= 0.6 is 23.2 Å². The zero-order chi connectivity index (χ0) is 22.4. The van der Waals surface area contributed by atoms with Gasteiger partial charge in [0.15, 0.2) is 6.61 Å². The van der Waals surface area contributed by atoms with E-state index >= 15 is 0 Å². The lowest BCUT2D eigenvalue weighted by Crippen LogP contribution is -2.20. The van der Waals surface area contributed by atoms with Crippen molar-refractivity contribution in [2.24, 2.45) is 0 Å². The number of amides is 1. The first-order chi connectivity index (χ1) is 14.8. The number of hydrogen-bond donors (Lipinski definition) is 2. The molecule has 0 bridgehead atoms. The molecular weight excluding hydrogens is 463 g/mol. The zero-order valence-corrected chi connectivity index (χ0v) is 18.6. The van der Waals surface area contributed by atoms with Crippen LogP contribution in [0.2, 0.25) is 10.0 Å². The molecule has 3 aromatic rings. The third kappa shape index (κ3) is 6.04. The molecule has 0 spiro atoms. The van der Waals surface area contributed by atoms with Crippen LogP contribution < -0.4 is 19.5 Å². The van der Waals surface area contributed by atoms with Crippen LogP contribution in [0.25, 0.3) is 0 Å². The van der Waals surface area contributed by atoms with E-state index in [1.165, 1.54) is 43.5 Å². The smallest absolute Gasteiger partial charge is 0.262 e. The molecule has 162 valence electrons. The van der Waals surface area contributed by atoms with Gasteiger partial charge >= 0.3 is 0 Å². The van der Waals surface area contributed by atoms with Crippen LogP contribution in [0.15, 0.2) is 71.6 Å². The lowest BCUT2D eigenvalue weighted by atomic mass is 10.3. The fourth-order valence-electron chi connectivity index (χ4n) is 2.56. The average Bonchev–Trinajstić information content (AvgIpc) is 2.74. The van der Waals surface area contributed by atoms with Crippen molar-refractivity contribution in [3.05, 3.63) is 76.8 Å². The van der Waals surface area contributed by atoms with E-state index in [-0.39, 0.29) is 16.5 Å². The highest BCUT2D eigenvalue weighted by molar-refractivity contribution is 7.92. The number of anilines is 2. The zero-order valence-electron chi connectivity index (χ0n) is 16.3. The number of benzene rings is 3. The Morgan fingerprint density at radius 2 is 1.68 bits per heavy atom. The molecule has 0 saturated heterocycles. The third-order valence-electron chi connectivity index (χ3n) is 4.06. The van der Waals surface area contributed by atoms with Gasteiger partial charge < -0.3 is 14.8 Å². The quantitative estimate of drug-likeness (QED) is 0.481. The molecule has 10 heteroatoms. The van der Waals surface area contributed by atoms with Crippen molar-refractivity contribution in [1.29, 1.82) is 0 Å². The maximum Gasteiger partial charge on any atom is 0.262 e. The number of carbonyl (C=O) groups excluding carboxylic acids is 1. The molecule has 0 atom stereocenters. The van der Waals surface area contributed by atoms with Gasteiger partial charge in [-0.2, -0.15) is 0 Å². The number of halogens is 2. The summed E-state index contributed by atoms with van der Waals surface area (Å²) < 4.78 is 38.1. The van der Waals surface area contributed by atoms with E-state index in [1.54, 1.807) is 30.3 Å². The lowest BCUT2D eigenvalue weighted by molar-refractivity contribution is -0.118. The molecular formula is C21H18Cl2N2O5S. The highest BCUT2D eigenvalue weighted by Crippen LogP contribution is 2.28. The summed E-state index contributed by atoms with van der Waals surface area (Å²) in [6.45, 7) is -0.264. The first-order valence-electron chi connectivity index (χ1n) is 8.92. The summed E-state index contributed by atoms with van der Waals surface area (Å²) in [5.41, 5.74) is 0.770. The molecule has 0 unspecified atom stereocenters. The molecule has 0 fully saturated rings. The maximum atomic E-state index is 12.6. The molecule has 0 aliphatic carbocycles. The van der Waals surface area contributed by atoms with E-state index in [2.05, 4.69) is 10.0 Å². The van der Waals surface area contributed by atoms with E-state index in [9.17, 15) is 13.2 Å². The predicted molar refractivity (Wildman–Crippen MR) is 121 cm³/mol. The Morgan fingerprint density at radius 1 is 0.968 bits per heavy atom. The summed E-state index contributed by atoms with van der Waals surface area (Å²) in [5, 5.41) is 3.33. The van der Waals surface area contributed by atoms with Crippen LogP contribution in [-0.2, 0) is 14.8 Å². The Hall–Kier alpha value is -2.94. The standard InChI is InChI=1S/C21H18Cl2N2O5S/c1-29-20-11-6-14(12-18(20)23)25-31(27,28)16-9-7-15(8-10-16)30-13-21(26)24-19-5-3-2-4-17(19)22/h2-12,25H,13H2,1H3,(H,24,26). The molecule has 0 saturated carbocycles. The summed E-state index contributed by atoms with van der Waals surface area (Å²) in [6, 6.07) is 17.0. The van der Waals surface area contributed by atoms with Gasteiger partial charge in [0.05, 0.1) is 33.4 Å². The second kappa shape index (κ2) is 9.91. The van der Waals surface area contributed by atoms with Gasteiger partial charge in [-0.3, -0.25) is 9.52 Å². The average molecular weight is 481 g/mol. The minimum atomic E-state index is -3.84. The van der Waals surface area contributed by atoms with Gasteiger partial charge in [-0.1, -0.05) is 35.3 Å². The van der Waals surface area contributed by atoms with E-state index < -0.39 is 15.9 Å². The number of hydrogen-bond acceptors (Lipinski definition) is 5. The Labute approximate surface area is 189 Å². The third-order valence-corrected chi connectivity index (χ3v) is 6.08. The SMILES string of the molecule is COc1ccc(NS(=O)(=O)c2ccc(OCC(=O)Nc3ccccc3Cl)cc2)cc1Cl. The number of ether oxygens (including phenoxy) is 2. The van der Waals surface area contributed by atoms with E-state index in [1.807, 2.05) is 0 Å². The number of methoxy groups -OCH3 is 1. The number of carbonyl (C=O) groups is 1. The Balaban J connectivity index is 1.60. The van der Waals surface area contributed by atoms with Gasteiger partial charge in [0.1, 0.15) is 11.5 Å². The topological polar surface area (TPSA) is 93.7 Å². The van der Waals surface area contributed by atoms with Crippen molar-refractivity contribution in [2.75, 3.05) is 23.8 Å². The maximum absolute atomic E-state index is 12.6. The summed E-state index contributed by atoms with van der Waals surface area (Å²) >= 11 is 12.0. The molecule has 31 heavy (non-hydrogen) atoms. The van der Waals surface area contributed by atoms with Crippen molar-refractivity contribution < 1.29 is 22.7 Å². The fraction of sp³-hybridized carbons (Fsp3) is 0.0952. The van der Waals surface area contributed by atoms with Crippen molar-refractivity contribution in [3.8, 4) is 11.5 Å². The monoisotopic (exact) mass is 480 g/mol. The van der Waals surface area contributed by atoms with Gasteiger partial charge in [0, 0.05) is 0 Å². The minimum absolute atomic E-state index is 0.0207. The molecule has 0 heterocycles. The first kappa shape index (κ1) is 22.7. The molecule has 7 nitrogen and oxygen atoms in total. The number of nitrogens with one attached hydrogen (secondary N) is 2. The molecule has 2 N–H and O–H groups in total. The molecule has 3 rings (SSSR count). The Bertz CT molecular complexity index is 1180.